The highest BCUT2D eigenvalue weighted by Crippen LogP contribution is 2.15. The van der Waals surface area contributed by atoms with E-state index in [1.807, 2.05) is 0 Å². The Morgan fingerprint density at radius 2 is 2.00 bits per heavy atom. The van der Waals surface area contributed by atoms with Crippen molar-refractivity contribution in [1.82, 2.24) is 4.98 Å². The number of aromatic hydroxyl groups is 2. The zero-order chi connectivity index (χ0) is 9.84. The van der Waals surface area contributed by atoms with Gasteiger partial charge in [-0.15, -0.1) is 0 Å². The van der Waals surface area contributed by atoms with Crippen LogP contribution in [0.3, 0.4) is 0 Å². The maximum absolute atomic E-state index is 11.1. The highest BCUT2D eigenvalue weighted by atomic mass is 16.5. The van der Waals surface area contributed by atoms with Crippen LogP contribution in [0.5, 0.6) is 11.8 Å². The molecule has 1 heterocycles. The summed E-state index contributed by atoms with van der Waals surface area (Å²) in [6, 6.07) is 2.25. The average molecular weight is 183 g/mol. The summed E-state index contributed by atoms with van der Waals surface area (Å²) < 4.78 is 4.65. The Bertz CT molecular complexity index is 304. The van der Waals surface area contributed by atoms with Crippen LogP contribution in [0.1, 0.15) is 17.3 Å². The van der Waals surface area contributed by atoms with E-state index < -0.39 is 17.7 Å². The number of esters is 1. The Balaban J connectivity index is 2.94. The molecule has 5 heteroatoms. The molecule has 0 saturated heterocycles. The fourth-order valence-corrected chi connectivity index (χ4v) is 0.834. The summed E-state index contributed by atoms with van der Waals surface area (Å²) >= 11 is 0. The molecule has 1 rings (SSSR count). The van der Waals surface area contributed by atoms with Gasteiger partial charge in [0.2, 0.25) is 11.8 Å². The molecule has 0 bridgehead atoms. The predicted octanol–water partition coefficient (Wildman–Crippen LogP) is 0.669. The van der Waals surface area contributed by atoms with Crippen molar-refractivity contribution in [3.8, 4) is 11.8 Å². The molecular formula is C8H9NO4. The quantitative estimate of drug-likeness (QED) is 0.658. The van der Waals surface area contributed by atoms with Crippen LogP contribution in [0.25, 0.3) is 0 Å². The number of nitrogens with zero attached hydrogens (tertiary/aromatic N) is 1. The number of pyridine rings is 1. The van der Waals surface area contributed by atoms with Crippen LogP contribution >= 0.6 is 0 Å². The lowest BCUT2D eigenvalue weighted by molar-refractivity contribution is 0.0525. The molecule has 0 aliphatic carbocycles. The Morgan fingerprint density at radius 3 is 2.46 bits per heavy atom. The third kappa shape index (κ3) is 2.33. The molecule has 0 aliphatic rings. The number of carbonyl (C=O) groups is 1. The van der Waals surface area contributed by atoms with Gasteiger partial charge in [0, 0.05) is 12.1 Å². The molecule has 0 saturated carbocycles. The molecule has 0 unspecified atom stereocenters. The summed E-state index contributed by atoms with van der Waals surface area (Å²) in [5.74, 6) is -1.43. The lowest BCUT2D eigenvalue weighted by Crippen LogP contribution is -2.04. The van der Waals surface area contributed by atoms with Crippen molar-refractivity contribution in [2.24, 2.45) is 0 Å². The summed E-state index contributed by atoms with van der Waals surface area (Å²) in [7, 11) is 0. The van der Waals surface area contributed by atoms with E-state index in [1.54, 1.807) is 6.92 Å². The first-order chi connectivity index (χ1) is 6.13. The maximum Gasteiger partial charge on any atom is 0.338 e. The summed E-state index contributed by atoms with van der Waals surface area (Å²) in [5.41, 5.74) is 0.0758. The first kappa shape index (κ1) is 9.31. The topological polar surface area (TPSA) is 79.7 Å². The van der Waals surface area contributed by atoms with Crippen molar-refractivity contribution in [2.45, 2.75) is 6.92 Å². The van der Waals surface area contributed by atoms with Crippen molar-refractivity contribution in [3.05, 3.63) is 17.7 Å². The van der Waals surface area contributed by atoms with Gasteiger partial charge in [0.15, 0.2) is 0 Å². The molecule has 0 fully saturated rings. The van der Waals surface area contributed by atoms with Gasteiger partial charge in [-0.05, 0) is 6.92 Å². The summed E-state index contributed by atoms with van der Waals surface area (Å²) in [6.45, 7) is 1.90. The monoisotopic (exact) mass is 183 g/mol. The number of ether oxygens (including phenoxy) is 1. The molecule has 0 radical (unpaired) electrons. The van der Waals surface area contributed by atoms with Crippen molar-refractivity contribution < 1.29 is 19.7 Å². The van der Waals surface area contributed by atoms with E-state index in [1.165, 1.54) is 0 Å². The molecule has 0 aromatic carbocycles. The second-order valence-corrected chi connectivity index (χ2v) is 2.29. The Morgan fingerprint density at radius 1 is 1.46 bits per heavy atom. The minimum atomic E-state index is -0.601. The molecule has 0 spiro atoms. The van der Waals surface area contributed by atoms with Crippen LogP contribution in [0.15, 0.2) is 12.1 Å². The normalized spacial score (nSPS) is 9.62. The Hall–Kier alpha value is -1.78. The molecule has 0 aliphatic heterocycles. The number of rotatable bonds is 2. The fraction of sp³-hybridized carbons (Fsp3) is 0.250. The molecule has 1 aromatic rings. The van der Waals surface area contributed by atoms with Crippen LogP contribution in [0, 0.1) is 0 Å². The largest absolute Gasteiger partial charge is 0.493 e. The van der Waals surface area contributed by atoms with Crippen LogP contribution < -0.4 is 0 Å². The van der Waals surface area contributed by atoms with Gasteiger partial charge in [0.1, 0.15) is 0 Å². The van der Waals surface area contributed by atoms with E-state index >= 15 is 0 Å². The van der Waals surface area contributed by atoms with Crippen molar-refractivity contribution in [3.63, 3.8) is 0 Å². The number of hydrogen-bond acceptors (Lipinski definition) is 5. The Labute approximate surface area is 74.6 Å². The van der Waals surface area contributed by atoms with Crippen LogP contribution in [0.2, 0.25) is 0 Å². The van der Waals surface area contributed by atoms with E-state index in [2.05, 4.69) is 9.72 Å². The second-order valence-electron chi connectivity index (χ2n) is 2.29. The van der Waals surface area contributed by atoms with Crippen molar-refractivity contribution in [2.75, 3.05) is 6.61 Å². The van der Waals surface area contributed by atoms with Gasteiger partial charge < -0.3 is 14.9 Å². The van der Waals surface area contributed by atoms with Crippen LogP contribution in [-0.4, -0.2) is 27.8 Å². The molecule has 0 atom stereocenters. The highest BCUT2D eigenvalue weighted by Gasteiger charge is 2.09. The van der Waals surface area contributed by atoms with Gasteiger partial charge in [0.25, 0.3) is 0 Å². The van der Waals surface area contributed by atoms with E-state index in [4.69, 9.17) is 10.2 Å². The maximum atomic E-state index is 11.1. The smallest absolute Gasteiger partial charge is 0.338 e. The van der Waals surface area contributed by atoms with Crippen molar-refractivity contribution >= 4 is 5.97 Å². The third-order valence-corrected chi connectivity index (χ3v) is 1.31. The lowest BCUT2D eigenvalue weighted by atomic mass is 10.2. The van der Waals surface area contributed by atoms with Gasteiger partial charge in [-0.1, -0.05) is 0 Å². The second kappa shape index (κ2) is 3.75. The summed E-state index contributed by atoms with van der Waals surface area (Å²) in [4.78, 5) is 14.4. The van der Waals surface area contributed by atoms with Gasteiger partial charge in [0.05, 0.1) is 12.2 Å². The zero-order valence-corrected chi connectivity index (χ0v) is 7.02. The first-order valence-electron chi connectivity index (χ1n) is 3.70. The van der Waals surface area contributed by atoms with Crippen LogP contribution in [-0.2, 0) is 4.74 Å². The molecule has 2 N–H and O–H groups in total. The number of aromatic nitrogens is 1. The minimum Gasteiger partial charge on any atom is -0.493 e. The molecule has 0 amide bonds. The molecule has 1 aromatic heterocycles. The number of carbonyl (C=O) groups excluding carboxylic acids is 1. The molecular weight excluding hydrogens is 174 g/mol. The van der Waals surface area contributed by atoms with Gasteiger partial charge >= 0.3 is 5.97 Å². The molecule has 70 valence electrons. The van der Waals surface area contributed by atoms with Gasteiger partial charge in [-0.2, -0.15) is 4.98 Å². The fourth-order valence-electron chi connectivity index (χ4n) is 0.834. The zero-order valence-electron chi connectivity index (χ0n) is 7.02. The predicted molar refractivity (Wildman–Crippen MR) is 43.5 cm³/mol. The third-order valence-electron chi connectivity index (χ3n) is 1.31. The average Bonchev–Trinajstić information content (AvgIpc) is 2.03. The van der Waals surface area contributed by atoms with Gasteiger partial charge in [-0.25, -0.2) is 4.79 Å². The lowest BCUT2D eigenvalue weighted by Gasteiger charge is -2.01. The standard InChI is InChI=1S/C8H9NO4/c1-2-13-8(12)5-3-6(10)9-7(11)4-5/h3-4H,2H2,1H3,(H2,9,10,11). The Kier molecular flexibility index (Phi) is 2.69. The molecule has 13 heavy (non-hydrogen) atoms. The first-order valence-corrected chi connectivity index (χ1v) is 3.70. The van der Waals surface area contributed by atoms with Gasteiger partial charge in [-0.3, -0.25) is 0 Å². The van der Waals surface area contributed by atoms with E-state index in [9.17, 15) is 4.79 Å². The minimum absolute atomic E-state index is 0.0758. The highest BCUT2D eigenvalue weighted by molar-refractivity contribution is 5.89. The SMILES string of the molecule is CCOC(=O)c1cc(O)nc(O)c1. The number of hydrogen-bond donors (Lipinski definition) is 2. The van der Waals surface area contributed by atoms with Crippen molar-refractivity contribution in [1.29, 1.82) is 0 Å². The van der Waals surface area contributed by atoms with Crippen LogP contribution in [0.4, 0.5) is 0 Å². The van der Waals surface area contributed by atoms with E-state index in [0.29, 0.717) is 0 Å². The summed E-state index contributed by atoms with van der Waals surface area (Å²) in [5, 5.41) is 17.9. The molecule has 5 nitrogen and oxygen atoms in total. The van der Waals surface area contributed by atoms with E-state index in [-0.39, 0.29) is 12.2 Å². The van der Waals surface area contributed by atoms with E-state index in [0.717, 1.165) is 12.1 Å². The summed E-state index contributed by atoms with van der Waals surface area (Å²) in [6.07, 6.45) is 0.